The van der Waals surface area contributed by atoms with Gasteiger partial charge in [-0.1, -0.05) is 66.2 Å². The first kappa shape index (κ1) is 28.4. The Morgan fingerprint density at radius 1 is 0.951 bits per heavy atom. The van der Waals surface area contributed by atoms with Crippen molar-refractivity contribution in [3.05, 3.63) is 101 Å². The van der Waals surface area contributed by atoms with E-state index >= 15 is 0 Å². The maximum atomic E-state index is 13.4. The highest BCUT2D eigenvalue weighted by Crippen LogP contribution is 2.42. The number of benzene rings is 3. The third-order valence-corrected chi connectivity index (χ3v) is 7.58. The predicted octanol–water partition coefficient (Wildman–Crippen LogP) is 4.73. The molecule has 3 aromatic rings. The second kappa shape index (κ2) is 13.0. The normalized spacial score (nSPS) is 19.0. The number of hydrogen-bond donors (Lipinski definition) is 1. The van der Waals surface area contributed by atoms with Crippen LogP contribution in [0.5, 0.6) is 11.5 Å². The molecule has 0 radical (unpaired) electrons. The smallest absolute Gasteiger partial charge is 0.295 e. The van der Waals surface area contributed by atoms with Crippen LogP contribution in [0, 0.1) is 6.92 Å². The molecule has 1 unspecified atom stereocenters. The van der Waals surface area contributed by atoms with Crippen LogP contribution >= 0.6 is 0 Å². The molecule has 5 rings (SSSR count). The van der Waals surface area contributed by atoms with E-state index in [0.29, 0.717) is 55.4 Å². The zero-order valence-corrected chi connectivity index (χ0v) is 23.5. The molecule has 2 aliphatic heterocycles. The van der Waals surface area contributed by atoms with Gasteiger partial charge in [-0.3, -0.25) is 14.5 Å². The van der Waals surface area contributed by atoms with Gasteiger partial charge in [-0.15, -0.1) is 0 Å². The van der Waals surface area contributed by atoms with E-state index in [-0.39, 0.29) is 11.3 Å². The van der Waals surface area contributed by atoms with Crippen LogP contribution in [-0.2, 0) is 20.9 Å². The summed E-state index contributed by atoms with van der Waals surface area (Å²) in [6.07, 6.45) is 0.684. The average molecular weight is 557 g/mol. The summed E-state index contributed by atoms with van der Waals surface area (Å²) in [5.74, 6) is -0.472. The molecule has 214 valence electrons. The number of Topliss-reactive ketones (excluding diaryl/α,β-unsaturated/α-hetero) is 1. The lowest BCUT2D eigenvalue weighted by atomic mass is 9.94. The van der Waals surface area contributed by atoms with Gasteiger partial charge in [0.1, 0.15) is 12.4 Å². The van der Waals surface area contributed by atoms with Gasteiger partial charge in [0.15, 0.2) is 11.5 Å². The van der Waals surface area contributed by atoms with Crippen molar-refractivity contribution >= 4 is 17.4 Å². The van der Waals surface area contributed by atoms with Crippen molar-refractivity contribution in [1.82, 2.24) is 9.80 Å². The minimum Gasteiger partial charge on any atom is -0.507 e. The highest BCUT2D eigenvalue weighted by atomic mass is 16.5. The Labute approximate surface area is 240 Å². The molecule has 1 amide bonds. The van der Waals surface area contributed by atoms with Gasteiger partial charge >= 0.3 is 0 Å². The van der Waals surface area contributed by atoms with Crippen LogP contribution in [0.4, 0.5) is 0 Å². The van der Waals surface area contributed by atoms with Gasteiger partial charge in [0.2, 0.25) is 0 Å². The van der Waals surface area contributed by atoms with Crippen molar-refractivity contribution < 1.29 is 28.9 Å². The summed E-state index contributed by atoms with van der Waals surface area (Å²) in [5, 5.41) is 11.4. The van der Waals surface area contributed by atoms with E-state index in [4.69, 9.17) is 14.2 Å². The number of likely N-dealkylation sites (tertiary alicyclic amines) is 1. The number of aryl methyl sites for hydroxylation is 1. The largest absolute Gasteiger partial charge is 0.507 e. The summed E-state index contributed by atoms with van der Waals surface area (Å²) in [7, 11) is 1.56. The van der Waals surface area contributed by atoms with Crippen LogP contribution in [0.15, 0.2) is 78.4 Å². The van der Waals surface area contributed by atoms with Crippen LogP contribution in [0.1, 0.15) is 34.7 Å². The minimum atomic E-state index is -0.766. The molecule has 0 saturated carbocycles. The van der Waals surface area contributed by atoms with E-state index in [0.717, 1.165) is 30.8 Å². The molecule has 8 nitrogen and oxygen atoms in total. The van der Waals surface area contributed by atoms with Crippen molar-refractivity contribution in [3.8, 4) is 11.5 Å². The number of aliphatic hydroxyl groups excluding tert-OH is 1. The van der Waals surface area contributed by atoms with Gasteiger partial charge < -0.3 is 24.2 Å². The quantitative estimate of drug-likeness (QED) is 0.220. The SMILES string of the molecule is COc1cc(C2/C(=C(\O)c3ccc(C)cc3)C(=O)C(=O)N2CCCN2CCOCC2)ccc1OCc1ccccc1. The fourth-order valence-electron chi connectivity index (χ4n) is 5.32. The standard InChI is InChI=1S/C33H36N2O6/c1-23-9-11-25(12-10-23)31(36)29-30(35(33(38)32(29)37)16-6-15-34-17-19-40-20-18-34)26-13-14-27(28(21-26)39-2)41-22-24-7-4-3-5-8-24/h3-5,7-14,21,30,36H,6,15-20,22H2,1-2H3/b31-29+. The predicted molar refractivity (Wildman–Crippen MR) is 156 cm³/mol. The van der Waals surface area contributed by atoms with E-state index in [9.17, 15) is 14.7 Å². The Bertz CT molecular complexity index is 1400. The minimum absolute atomic E-state index is 0.0743. The van der Waals surface area contributed by atoms with Gasteiger partial charge in [-0.05, 0) is 36.6 Å². The number of methoxy groups -OCH3 is 1. The van der Waals surface area contributed by atoms with Gasteiger partial charge in [0.05, 0.1) is 31.9 Å². The molecule has 0 aromatic heterocycles. The van der Waals surface area contributed by atoms with Crippen LogP contribution in [-0.4, -0.2) is 73.1 Å². The van der Waals surface area contributed by atoms with Crippen molar-refractivity contribution in [2.75, 3.05) is 46.5 Å². The Kier molecular flexibility index (Phi) is 9.01. The number of nitrogens with zero attached hydrogens (tertiary/aromatic N) is 2. The first-order valence-electron chi connectivity index (χ1n) is 14.0. The van der Waals surface area contributed by atoms with Crippen molar-refractivity contribution in [2.24, 2.45) is 0 Å². The number of rotatable bonds is 10. The zero-order chi connectivity index (χ0) is 28.8. The Balaban J connectivity index is 1.47. The highest BCUT2D eigenvalue weighted by Gasteiger charge is 2.46. The van der Waals surface area contributed by atoms with E-state index in [2.05, 4.69) is 4.90 Å². The van der Waals surface area contributed by atoms with E-state index in [1.165, 1.54) is 0 Å². The Morgan fingerprint density at radius 2 is 1.68 bits per heavy atom. The molecule has 41 heavy (non-hydrogen) atoms. The zero-order valence-electron chi connectivity index (χ0n) is 23.5. The maximum Gasteiger partial charge on any atom is 0.295 e. The third-order valence-electron chi connectivity index (χ3n) is 7.58. The highest BCUT2D eigenvalue weighted by molar-refractivity contribution is 6.46. The number of amides is 1. The molecule has 0 bridgehead atoms. The van der Waals surface area contributed by atoms with E-state index < -0.39 is 17.7 Å². The van der Waals surface area contributed by atoms with Crippen molar-refractivity contribution in [1.29, 1.82) is 0 Å². The first-order chi connectivity index (χ1) is 20.0. The number of carbonyl (C=O) groups excluding carboxylic acids is 2. The number of ketones is 1. The number of carbonyl (C=O) groups is 2. The fraction of sp³-hybridized carbons (Fsp3) is 0.333. The molecule has 3 aromatic carbocycles. The second-order valence-electron chi connectivity index (χ2n) is 10.4. The monoisotopic (exact) mass is 556 g/mol. The van der Waals surface area contributed by atoms with Gasteiger partial charge in [-0.25, -0.2) is 0 Å². The lowest BCUT2D eigenvalue weighted by Gasteiger charge is -2.29. The molecule has 2 aliphatic rings. The Morgan fingerprint density at radius 3 is 2.39 bits per heavy atom. The fourth-order valence-corrected chi connectivity index (χ4v) is 5.32. The van der Waals surface area contributed by atoms with Crippen LogP contribution < -0.4 is 9.47 Å². The summed E-state index contributed by atoms with van der Waals surface area (Å²) >= 11 is 0. The van der Waals surface area contributed by atoms with Crippen LogP contribution in [0.2, 0.25) is 0 Å². The first-order valence-corrected chi connectivity index (χ1v) is 14.0. The summed E-state index contributed by atoms with van der Waals surface area (Å²) in [5.41, 5.74) is 3.27. The van der Waals surface area contributed by atoms with Crippen molar-refractivity contribution in [2.45, 2.75) is 26.0 Å². The number of hydrogen-bond acceptors (Lipinski definition) is 7. The molecule has 2 fully saturated rings. The number of ether oxygens (including phenoxy) is 3. The van der Waals surface area contributed by atoms with Gasteiger partial charge in [0, 0.05) is 31.7 Å². The molecule has 1 N–H and O–H groups in total. The lowest BCUT2D eigenvalue weighted by molar-refractivity contribution is -0.140. The summed E-state index contributed by atoms with van der Waals surface area (Å²) in [4.78, 5) is 30.7. The summed E-state index contributed by atoms with van der Waals surface area (Å²) in [6, 6.07) is 21.7. The van der Waals surface area contributed by atoms with Gasteiger partial charge in [-0.2, -0.15) is 0 Å². The maximum absolute atomic E-state index is 13.4. The van der Waals surface area contributed by atoms with Gasteiger partial charge in [0.25, 0.3) is 11.7 Å². The number of morpholine rings is 1. The molecule has 8 heteroatoms. The molecule has 0 spiro atoms. The molecule has 2 saturated heterocycles. The molecular weight excluding hydrogens is 520 g/mol. The second-order valence-corrected chi connectivity index (χ2v) is 10.4. The topological polar surface area (TPSA) is 88.5 Å². The van der Waals surface area contributed by atoms with E-state index in [1.807, 2.05) is 55.5 Å². The molecular formula is C33H36N2O6. The van der Waals surface area contributed by atoms with Crippen LogP contribution in [0.3, 0.4) is 0 Å². The molecule has 2 heterocycles. The molecule has 1 atom stereocenters. The summed E-state index contributed by atoms with van der Waals surface area (Å²) in [6.45, 7) is 6.54. The average Bonchev–Trinajstić information content (AvgIpc) is 3.26. The lowest BCUT2D eigenvalue weighted by Crippen LogP contribution is -2.39. The van der Waals surface area contributed by atoms with E-state index in [1.54, 1.807) is 36.3 Å². The summed E-state index contributed by atoms with van der Waals surface area (Å²) < 4.78 is 17.1. The van der Waals surface area contributed by atoms with Crippen LogP contribution in [0.25, 0.3) is 5.76 Å². The van der Waals surface area contributed by atoms with Crippen molar-refractivity contribution in [3.63, 3.8) is 0 Å². The molecule has 0 aliphatic carbocycles. The Hall–Kier alpha value is -4.14. The number of aliphatic hydroxyl groups is 1. The third kappa shape index (κ3) is 6.45.